The second-order valence-electron chi connectivity index (χ2n) is 8.16. The molecular formula is C24H27N3O4. The van der Waals surface area contributed by atoms with Crippen LogP contribution in [0.2, 0.25) is 0 Å². The van der Waals surface area contributed by atoms with Gasteiger partial charge in [-0.25, -0.2) is 14.6 Å². The number of carbonyl (C=O) groups excluding carboxylic acids is 1. The summed E-state index contributed by atoms with van der Waals surface area (Å²) in [6.07, 6.45) is 6.11. The molecule has 0 aliphatic carbocycles. The summed E-state index contributed by atoms with van der Waals surface area (Å²) in [6, 6.07) is 16.1. The monoisotopic (exact) mass is 421 g/mol. The lowest BCUT2D eigenvalue weighted by atomic mass is 9.77. The Balaban J connectivity index is 1.36. The fourth-order valence-corrected chi connectivity index (χ4v) is 4.50. The number of hydrogen-bond acceptors (Lipinski definition) is 4. The van der Waals surface area contributed by atoms with E-state index < -0.39 is 5.97 Å². The maximum absolute atomic E-state index is 12.4. The third-order valence-electron chi connectivity index (χ3n) is 6.18. The van der Waals surface area contributed by atoms with Crippen molar-refractivity contribution in [1.82, 2.24) is 5.01 Å². The number of anilines is 1. The highest BCUT2D eigenvalue weighted by Crippen LogP contribution is 2.44. The van der Waals surface area contributed by atoms with E-state index in [0.29, 0.717) is 11.5 Å². The van der Waals surface area contributed by atoms with E-state index in [0.717, 1.165) is 36.9 Å². The molecule has 0 saturated carbocycles. The van der Waals surface area contributed by atoms with Crippen molar-refractivity contribution in [2.24, 2.45) is 16.9 Å². The largest absolute Gasteiger partial charge is 0.478 e. The van der Waals surface area contributed by atoms with Crippen LogP contribution in [-0.4, -0.2) is 47.6 Å². The summed E-state index contributed by atoms with van der Waals surface area (Å²) in [5.41, 5.74) is 2.14. The molecule has 31 heavy (non-hydrogen) atoms. The summed E-state index contributed by atoms with van der Waals surface area (Å²) in [5, 5.41) is 17.6. The molecule has 2 bridgehead atoms. The zero-order chi connectivity index (χ0) is 21.8. The molecule has 4 atom stereocenters. The van der Waals surface area contributed by atoms with Gasteiger partial charge in [-0.2, -0.15) is 5.10 Å². The molecular weight excluding hydrogens is 394 g/mol. The third-order valence-corrected chi connectivity index (χ3v) is 6.18. The first-order valence-electron chi connectivity index (χ1n) is 10.6. The highest BCUT2D eigenvalue weighted by molar-refractivity contribution is 5.89. The first-order chi connectivity index (χ1) is 15.0. The zero-order valence-corrected chi connectivity index (χ0v) is 17.5. The number of carboxylic acid groups (broad SMARTS) is 1. The average Bonchev–Trinajstić information content (AvgIpc) is 3.38. The highest BCUT2D eigenvalue weighted by atomic mass is 16.5. The Morgan fingerprint density at radius 3 is 2.55 bits per heavy atom. The van der Waals surface area contributed by atoms with Crippen molar-refractivity contribution >= 4 is 23.9 Å². The van der Waals surface area contributed by atoms with Crippen LogP contribution in [0.1, 0.15) is 35.2 Å². The molecule has 0 aromatic heterocycles. The molecule has 0 radical (unpaired) electrons. The number of hydrogen-bond donors (Lipinski definition) is 2. The summed E-state index contributed by atoms with van der Waals surface area (Å²) in [6.45, 7) is 0. The van der Waals surface area contributed by atoms with Gasteiger partial charge in [-0.3, -0.25) is 0 Å². The predicted octanol–water partition coefficient (Wildman–Crippen LogP) is 4.26. The quantitative estimate of drug-likeness (QED) is 0.516. The van der Waals surface area contributed by atoms with E-state index >= 15 is 0 Å². The van der Waals surface area contributed by atoms with Crippen LogP contribution in [0.3, 0.4) is 0 Å². The molecule has 2 heterocycles. The molecule has 2 fully saturated rings. The molecule has 4 rings (SSSR count). The van der Waals surface area contributed by atoms with E-state index in [4.69, 9.17) is 9.84 Å². The molecule has 2 saturated heterocycles. The predicted molar refractivity (Wildman–Crippen MR) is 118 cm³/mol. The topological polar surface area (TPSA) is 91.2 Å². The molecule has 162 valence electrons. The number of fused-ring (bicyclic) bond motifs is 2. The molecule has 0 unspecified atom stereocenters. The molecule has 7 nitrogen and oxygen atoms in total. The summed E-state index contributed by atoms with van der Waals surface area (Å²) < 4.78 is 6.14. The van der Waals surface area contributed by atoms with Crippen LogP contribution in [0, 0.1) is 11.8 Å². The first-order valence-corrected chi connectivity index (χ1v) is 10.6. The maximum Gasteiger partial charge on any atom is 0.341 e. The van der Waals surface area contributed by atoms with Crippen LogP contribution < -0.4 is 5.32 Å². The summed E-state index contributed by atoms with van der Waals surface area (Å²) in [5.74, 6) is -0.402. The van der Waals surface area contributed by atoms with Crippen LogP contribution in [0.4, 0.5) is 10.5 Å². The minimum Gasteiger partial charge on any atom is -0.478 e. The highest BCUT2D eigenvalue weighted by Gasteiger charge is 2.47. The lowest BCUT2D eigenvalue weighted by molar-refractivity contribution is 0.0696. The van der Waals surface area contributed by atoms with Gasteiger partial charge in [-0.15, -0.1) is 0 Å². The number of aromatic carboxylic acids is 1. The van der Waals surface area contributed by atoms with Crippen molar-refractivity contribution in [3.63, 3.8) is 0 Å². The number of benzene rings is 2. The Bertz CT molecular complexity index is 945. The maximum atomic E-state index is 12.4. The number of para-hydroxylation sites is 1. The summed E-state index contributed by atoms with van der Waals surface area (Å²) in [7, 11) is 1.64. The van der Waals surface area contributed by atoms with Crippen molar-refractivity contribution in [3.8, 4) is 0 Å². The van der Waals surface area contributed by atoms with Crippen LogP contribution in [0.15, 0.2) is 59.7 Å². The van der Waals surface area contributed by atoms with E-state index in [9.17, 15) is 9.59 Å². The Labute approximate surface area is 181 Å². The van der Waals surface area contributed by atoms with Crippen LogP contribution in [-0.2, 0) is 11.2 Å². The minimum absolute atomic E-state index is 0.152. The lowest BCUT2D eigenvalue weighted by Crippen LogP contribution is -2.31. The van der Waals surface area contributed by atoms with Crippen LogP contribution in [0.5, 0.6) is 0 Å². The number of rotatable bonds is 7. The number of carbonyl (C=O) groups is 2. The Kier molecular flexibility index (Phi) is 6.32. The zero-order valence-electron chi connectivity index (χ0n) is 17.5. The van der Waals surface area contributed by atoms with Gasteiger partial charge in [0.05, 0.1) is 17.8 Å². The standard InChI is InChI=1S/C24H27N3O4/c1-27(24(30)26-18-5-3-2-4-6-18)25-15-20-19(21-13-14-22(20)31-21)12-9-16-7-10-17(11-8-16)23(28)29/h2-8,10-11,15,19-22H,9,12-14H2,1H3,(H,26,30)(H,28,29)/t19-,20-,21+,22-/m0/s1. The SMILES string of the molecule is CN(N=C[C@H]1[C@H](CCc2ccc(C(=O)O)cc2)[C@H]2CC[C@@H]1O2)C(=O)Nc1ccccc1. The van der Waals surface area contributed by atoms with E-state index in [1.807, 2.05) is 48.7 Å². The number of amides is 2. The number of hydrazone groups is 1. The Hall–Kier alpha value is -3.19. The number of aryl methyl sites for hydroxylation is 1. The number of ether oxygens (including phenoxy) is 1. The van der Waals surface area contributed by atoms with Crippen molar-refractivity contribution < 1.29 is 19.4 Å². The van der Waals surface area contributed by atoms with Gasteiger partial charge in [0, 0.05) is 24.9 Å². The average molecular weight is 421 g/mol. The molecule has 2 aromatic carbocycles. The van der Waals surface area contributed by atoms with Gasteiger partial charge in [0.25, 0.3) is 0 Å². The summed E-state index contributed by atoms with van der Waals surface area (Å²) in [4.78, 5) is 23.4. The van der Waals surface area contributed by atoms with Gasteiger partial charge in [0.2, 0.25) is 0 Å². The summed E-state index contributed by atoms with van der Waals surface area (Å²) >= 11 is 0. The van der Waals surface area contributed by atoms with Crippen molar-refractivity contribution in [2.45, 2.75) is 37.9 Å². The van der Waals surface area contributed by atoms with Crippen LogP contribution >= 0.6 is 0 Å². The number of nitrogens with zero attached hydrogens (tertiary/aromatic N) is 2. The van der Waals surface area contributed by atoms with Gasteiger partial charge in [0.1, 0.15) is 0 Å². The molecule has 2 aromatic rings. The van der Waals surface area contributed by atoms with Crippen molar-refractivity contribution in [1.29, 1.82) is 0 Å². The fraction of sp³-hybridized carbons (Fsp3) is 0.375. The molecule has 2 amide bonds. The molecule has 2 N–H and O–H groups in total. The number of carboxylic acids is 1. The Morgan fingerprint density at radius 1 is 1.13 bits per heavy atom. The van der Waals surface area contributed by atoms with Gasteiger partial charge in [0.15, 0.2) is 0 Å². The lowest BCUT2D eigenvalue weighted by Gasteiger charge is -2.25. The second-order valence-corrected chi connectivity index (χ2v) is 8.16. The molecule has 0 spiro atoms. The molecule has 2 aliphatic rings. The van der Waals surface area contributed by atoms with Gasteiger partial charge >= 0.3 is 12.0 Å². The molecule has 7 heteroatoms. The second kappa shape index (κ2) is 9.31. The minimum atomic E-state index is -0.912. The first kappa shape index (κ1) is 21.1. The number of urea groups is 1. The van der Waals surface area contributed by atoms with Crippen LogP contribution in [0.25, 0.3) is 0 Å². The Morgan fingerprint density at radius 2 is 1.84 bits per heavy atom. The van der Waals surface area contributed by atoms with E-state index in [1.165, 1.54) is 5.01 Å². The van der Waals surface area contributed by atoms with E-state index in [-0.39, 0.29) is 24.2 Å². The normalized spacial score (nSPS) is 24.4. The van der Waals surface area contributed by atoms with Crippen molar-refractivity contribution in [2.75, 3.05) is 12.4 Å². The fourth-order valence-electron chi connectivity index (χ4n) is 4.50. The van der Waals surface area contributed by atoms with E-state index in [1.54, 1.807) is 19.2 Å². The van der Waals surface area contributed by atoms with Gasteiger partial charge < -0.3 is 15.2 Å². The van der Waals surface area contributed by atoms with Crippen molar-refractivity contribution in [3.05, 3.63) is 65.7 Å². The smallest absolute Gasteiger partial charge is 0.341 e. The van der Waals surface area contributed by atoms with E-state index in [2.05, 4.69) is 10.4 Å². The van der Waals surface area contributed by atoms with Gasteiger partial charge in [-0.05, 0) is 61.4 Å². The third kappa shape index (κ3) is 4.94. The number of nitrogens with one attached hydrogen (secondary N) is 1. The van der Waals surface area contributed by atoms with Gasteiger partial charge in [-0.1, -0.05) is 30.3 Å². The molecule has 2 aliphatic heterocycles.